The number of benzene rings is 2. The molecule has 0 unspecified atom stereocenters. The molecule has 4 aromatic rings. The summed E-state index contributed by atoms with van der Waals surface area (Å²) in [5.74, 6) is -0.495. The first-order chi connectivity index (χ1) is 16.9. The Morgan fingerprint density at radius 1 is 0.971 bits per heavy atom. The van der Waals surface area contributed by atoms with E-state index >= 15 is 0 Å². The number of carbonyl (C=O) groups excluding carboxylic acids is 1. The van der Waals surface area contributed by atoms with Crippen LogP contribution >= 0.6 is 23.2 Å². The lowest BCUT2D eigenvalue weighted by Gasteiger charge is -2.25. The van der Waals surface area contributed by atoms with Crippen LogP contribution in [0.3, 0.4) is 0 Å². The highest BCUT2D eigenvalue weighted by molar-refractivity contribution is 6.32. The predicted molar refractivity (Wildman–Crippen MR) is 134 cm³/mol. The molecule has 35 heavy (non-hydrogen) atoms. The second-order valence-corrected chi connectivity index (χ2v) is 8.86. The molecule has 0 bridgehead atoms. The third kappa shape index (κ3) is 5.57. The Hall–Kier alpha value is -3.17. The van der Waals surface area contributed by atoms with Gasteiger partial charge in [-0.15, -0.1) is 0 Å². The summed E-state index contributed by atoms with van der Waals surface area (Å²) in [6.45, 7) is 2.74. The molecule has 178 valence electrons. The summed E-state index contributed by atoms with van der Waals surface area (Å²) in [6.07, 6.45) is 0. The molecule has 1 saturated heterocycles. The molecule has 0 atom stereocenters. The molecule has 5 rings (SSSR count). The molecule has 1 fully saturated rings. The molecule has 10 heteroatoms. The molecule has 2 aromatic heterocycles. The van der Waals surface area contributed by atoms with Crippen molar-refractivity contribution in [2.24, 2.45) is 0 Å². The van der Waals surface area contributed by atoms with Crippen LogP contribution in [0.5, 0.6) is 0 Å². The SMILES string of the molecule is O=C(CN1CCOCC1)Nc1nc(-c2ccc(Cl)cc2)cc(-c2cc3cc(F)ccc3nc2Cl)n1. The summed E-state index contributed by atoms with van der Waals surface area (Å²) in [5, 5.41) is 4.16. The van der Waals surface area contributed by atoms with E-state index in [1.165, 1.54) is 12.1 Å². The first-order valence-electron chi connectivity index (χ1n) is 11.0. The number of nitrogens with zero attached hydrogens (tertiary/aromatic N) is 4. The van der Waals surface area contributed by atoms with E-state index in [1.54, 1.807) is 30.3 Å². The highest BCUT2D eigenvalue weighted by atomic mass is 35.5. The summed E-state index contributed by atoms with van der Waals surface area (Å²) in [4.78, 5) is 28.2. The molecule has 1 aliphatic rings. The minimum atomic E-state index is -0.381. The summed E-state index contributed by atoms with van der Waals surface area (Å²) >= 11 is 12.5. The minimum absolute atomic E-state index is 0.126. The van der Waals surface area contributed by atoms with E-state index < -0.39 is 0 Å². The zero-order valence-corrected chi connectivity index (χ0v) is 20.0. The number of fused-ring (bicyclic) bond motifs is 1. The number of ether oxygens (including phenoxy) is 1. The van der Waals surface area contributed by atoms with E-state index in [1.807, 2.05) is 17.0 Å². The average Bonchev–Trinajstić information content (AvgIpc) is 2.84. The van der Waals surface area contributed by atoms with E-state index in [-0.39, 0.29) is 29.4 Å². The summed E-state index contributed by atoms with van der Waals surface area (Å²) in [5.41, 5.74) is 2.83. The second kappa shape index (κ2) is 10.2. The standard InChI is InChI=1S/C25H20Cl2FN5O2/c26-17-3-1-15(2-4-17)21-13-22(19-12-16-11-18(28)5-6-20(16)29-24(19)27)31-25(30-21)32-23(34)14-33-7-9-35-10-8-33/h1-6,11-13H,7-10,14H2,(H,30,31,32,34). The van der Waals surface area contributed by atoms with Gasteiger partial charge in [0.25, 0.3) is 0 Å². The third-order valence-electron chi connectivity index (χ3n) is 5.59. The van der Waals surface area contributed by atoms with Gasteiger partial charge in [0.2, 0.25) is 11.9 Å². The molecule has 3 heterocycles. The number of carbonyl (C=O) groups is 1. The van der Waals surface area contributed by atoms with Gasteiger partial charge in [-0.2, -0.15) is 0 Å². The zero-order valence-electron chi connectivity index (χ0n) is 18.5. The van der Waals surface area contributed by atoms with E-state index in [0.717, 1.165) is 5.56 Å². The van der Waals surface area contributed by atoms with Crippen molar-refractivity contribution in [3.05, 3.63) is 70.6 Å². The van der Waals surface area contributed by atoms with Crippen LogP contribution in [0, 0.1) is 5.82 Å². The fraction of sp³-hybridized carbons (Fsp3) is 0.200. The Kier molecular flexibility index (Phi) is 6.88. The van der Waals surface area contributed by atoms with Crippen LogP contribution in [0.25, 0.3) is 33.4 Å². The van der Waals surface area contributed by atoms with E-state index in [4.69, 9.17) is 27.9 Å². The van der Waals surface area contributed by atoms with Crippen molar-refractivity contribution in [2.75, 3.05) is 38.2 Å². The lowest BCUT2D eigenvalue weighted by Crippen LogP contribution is -2.41. The van der Waals surface area contributed by atoms with E-state index in [2.05, 4.69) is 20.3 Å². The fourth-order valence-electron chi connectivity index (χ4n) is 3.84. The normalized spacial score (nSPS) is 14.3. The highest BCUT2D eigenvalue weighted by Gasteiger charge is 2.18. The van der Waals surface area contributed by atoms with Gasteiger partial charge in [-0.25, -0.2) is 19.3 Å². The number of nitrogens with one attached hydrogen (secondary N) is 1. The summed E-state index contributed by atoms with van der Waals surface area (Å²) < 4.78 is 19.2. The van der Waals surface area contributed by atoms with Gasteiger partial charge in [-0.3, -0.25) is 15.0 Å². The largest absolute Gasteiger partial charge is 0.379 e. The Balaban J connectivity index is 1.54. The number of aromatic nitrogens is 3. The number of rotatable bonds is 5. The van der Waals surface area contributed by atoms with Gasteiger partial charge >= 0.3 is 0 Å². The molecule has 1 N–H and O–H groups in total. The second-order valence-electron chi connectivity index (χ2n) is 8.07. The van der Waals surface area contributed by atoms with Gasteiger partial charge in [-0.1, -0.05) is 35.3 Å². The van der Waals surface area contributed by atoms with Gasteiger partial charge in [0.1, 0.15) is 11.0 Å². The van der Waals surface area contributed by atoms with Crippen LogP contribution in [-0.2, 0) is 9.53 Å². The Morgan fingerprint density at radius 2 is 1.71 bits per heavy atom. The smallest absolute Gasteiger partial charge is 0.240 e. The fourth-order valence-corrected chi connectivity index (χ4v) is 4.21. The van der Waals surface area contributed by atoms with Crippen LogP contribution in [0.4, 0.5) is 10.3 Å². The number of halogens is 3. The molecule has 0 aliphatic carbocycles. The van der Waals surface area contributed by atoms with Gasteiger partial charge in [-0.05, 0) is 42.5 Å². The zero-order chi connectivity index (χ0) is 24.4. The molecule has 0 radical (unpaired) electrons. The summed E-state index contributed by atoms with van der Waals surface area (Å²) in [6, 6.07) is 14.9. The lowest BCUT2D eigenvalue weighted by molar-refractivity contribution is -0.118. The van der Waals surface area contributed by atoms with Crippen molar-refractivity contribution in [2.45, 2.75) is 0 Å². The number of hydrogen-bond acceptors (Lipinski definition) is 6. The molecule has 1 amide bonds. The van der Waals surface area contributed by atoms with Crippen molar-refractivity contribution in [3.8, 4) is 22.5 Å². The minimum Gasteiger partial charge on any atom is -0.379 e. The van der Waals surface area contributed by atoms with Gasteiger partial charge in [0, 0.05) is 34.6 Å². The molecule has 1 aliphatic heterocycles. The number of hydrogen-bond donors (Lipinski definition) is 1. The quantitative estimate of drug-likeness (QED) is 0.376. The van der Waals surface area contributed by atoms with E-state index in [9.17, 15) is 9.18 Å². The van der Waals surface area contributed by atoms with Crippen LogP contribution in [0.2, 0.25) is 10.2 Å². The van der Waals surface area contributed by atoms with Crippen molar-refractivity contribution in [3.63, 3.8) is 0 Å². The molecular formula is C25H20Cl2FN5O2. The van der Waals surface area contributed by atoms with Gasteiger partial charge in [0.15, 0.2) is 0 Å². The van der Waals surface area contributed by atoms with Crippen molar-refractivity contribution < 1.29 is 13.9 Å². The van der Waals surface area contributed by atoms with Crippen molar-refractivity contribution >= 4 is 46.0 Å². The number of morpholine rings is 1. The third-order valence-corrected chi connectivity index (χ3v) is 6.13. The van der Waals surface area contributed by atoms with E-state index in [0.29, 0.717) is 59.2 Å². The topological polar surface area (TPSA) is 80.2 Å². The maximum atomic E-state index is 13.8. The maximum Gasteiger partial charge on any atom is 0.240 e. The van der Waals surface area contributed by atoms with Crippen molar-refractivity contribution in [1.82, 2.24) is 19.9 Å². The predicted octanol–water partition coefficient (Wildman–Crippen LogP) is 5.08. The number of amides is 1. The Morgan fingerprint density at radius 3 is 2.49 bits per heavy atom. The molecule has 0 spiro atoms. The Labute approximate surface area is 210 Å². The average molecular weight is 512 g/mol. The number of pyridine rings is 1. The van der Waals surface area contributed by atoms with Crippen LogP contribution in [0.15, 0.2) is 54.6 Å². The molecular weight excluding hydrogens is 492 g/mol. The van der Waals surface area contributed by atoms with Crippen LogP contribution < -0.4 is 5.32 Å². The van der Waals surface area contributed by atoms with Crippen molar-refractivity contribution in [1.29, 1.82) is 0 Å². The lowest BCUT2D eigenvalue weighted by atomic mass is 10.1. The highest BCUT2D eigenvalue weighted by Crippen LogP contribution is 2.32. The monoisotopic (exact) mass is 511 g/mol. The molecule has 7 nitrogen and oxygen atoms in total. The van der Waals surface area contributed by atoms with Gasteiger partial charge in [0.05, 0.1) is 36.7 Å². The van der Waals surface area contributed by atoms with Crippen LogP contribution in [-0.4, -0.2) is 58.6 Å². The van der Waals surface area contributed by atoms with Gasteiger partial charge < -0.3 is 4.74 Å². The molecule has 0 saturated carbocycles. The molecule has 2 aromatic carbocycles. The first kappa shape index (κ1) is 23.6. The maximum absolute atomic E-state index is 13.8. The Bertz CT molecular complexity index is 1400. The number of anilines is 1. The van der Waals surface area contributed by atoms with Crippen LogP contribution in [0.1, 0.15) is 0 Å². The summed E-state index contributed by atoms with van der Waals surface area (Å²) in [7, 11) is 0. The first-order valence-corrected chi connectivity index (χ1v) is 11.7.